The predicted octanol–water partition coefficient (Wildman–Crippen LogP) is 5.15. The molecule has 2 aliphatic heterocycles. The van der Waals surface area contributed by atoms with Crippen LogP contribution in [0.3, 0.4) is 0 Å². The van der Waals surface area contributed by atoms with Crippen LogP contribution in [0.15, 0.2) is 12.1 Å². The molecular weight excluding hydrogens is 472 g/mol. The van der Waals surface area contributed by atoms with E-state index in [0.717, 1.165) is 50.3 Å². The molecule has 0 saturated carbocycles. The van der Waals surface area contributed by atoms with E-state index in [0.29, 0.717) is 30.9 Å². The van der Waals surface area contributed by atoms with Gasteiger partial charge in [-0.25, -0.2) is 4.79 Å². The molecular formula is C29H46N2O6. The largest absolute Gasteiger partial charge is 0.493 e. The van der Waals surface area contributed by atoms with Gasteiger partial charge in [0.1, 0.15) is 0 Å². The summed E-state index contributed by atoms with van der Waals surface area (Å²) in [6, 6.07) is 4.49. The van der Waals surface area contributed by atoms with Crippen molar-refractivity contribution in [3.05, 3.63) is 23.3 Å². The number of carboxylic acid groups (broad SMARTS) is 1. The van der Waals surface area contributed by atoms with Gasteiger partial charge in [-0.15, -0.1) is 0 Å². The van der Waals surface area contributed by atoms with Gasteiger partial charge in [0, 0.05) is 32.1 Å². The van der Waals surface area contributed by atoms with Crippen molar-refractivity contribution in [1.29, 1.82) is 0 Å². The van der Waals surface area contributed by atoms with Gasteiger partial charge in [0.15, 0.2) is 11.5 Å². The van der Waals surface area contributed by atoms with Crippen molar-refractivity contribution in [3.63, 3.8) is 0 Å². The lowest BCUT2D eigenvalue weighted by atomic mass is 9.74. The number of aliphatic carboxylic acids is 1. The highest BCUT2D eigenvalue weighted by Crippen LogP contribution is 2.45. The molecule has 37 heavy (non-hydrogen) atoms. The highest BCUT2D eigenvalue weighted by atomic mass is 16.5. The molecule has 0 radical (unpaired) electrons. The zero-order valence-corrected chi connectivity index (χ0v) is 23.4. The molecule has 4 atom stereocenters. The minimum atomic E-state index is -0.842. The van der Waals surface area contributed by atoms with Crippen LogP contribution in [0.25, 0.3) is 0 Å². The Morgan fingerprint density at radius 3 is 2.41 bits per heavy atom. The van der Waals surface area contributed by atoms with Crippen molar-refractivity contribution in [1.82, 2.24) is 10.2 Å². The summed E-state index contributed by atoms with van der Waals surface area (Å²) in [5, 5.41) is 12.0. The molecule has 8 nitrogen and oxygen atoms in total. The van der Waals surface area contributed by atoms with Gasteiger partial charge in [-0.2, -0.15) is 0 Å². The summed E-state index contributed by atoms with van der Waals surface area (Å²) < 4.78 is 16.9. The number of carboxylic acids is 1. The molecule has 2 N–H and O–H groups in total. The Labute approximate surface area is 222 Å². The van der Waals surface area contributed by atoms with Gasteiger partial charge in [-0.05, 0) is 78.5 Å². The summed E-state index contributed by atoms with van der Waals surface area (Å²) in [6.07, 6.45) is 3.33. The number of nitrogens with one attached hydrogen (secondary N) is 1. The lowest BCUT2D eigenvalue weighted by Gasteiger charge is -2.47. The number of ether oxygens (including phenoxy) is 3. The predicted molar refractivity (Wildman–Crippen MR) is 143 cm³/mol. The number of nitrogens with zero attached hydrogens (tertiary/aromatic N) is 1. The van der Waals surface area contributed by atoms with E-state index in [-0.39, 0.29) is 24.3 Å². The normalized spacial score (nSPS) is 22.2. The van der Waals surface area contributed by atoms with Gasteiger partial charge in [0.2, 0.25) is 0 Å². The maximum atomic E-state index is 12.6. The fourth-order valence-corrected chi connectivity index (χ4v) is 6.19. The van der Waals surface area contributed by atoms with Crippen molar-refractivity contribution in [2.24, 2.45) is 29.6 Å². The second-order valence-electron chi connectivity index (χ2n) is 11.6. The van der Waals surface area contributed by atoms with E-state index in [4.69, 9.17) is 14.2 Å². The minimum Gasteiger partial charge on any atom is -0.493 e. The number of carbonyl (C=O) groups excluding carboxylic acids is 1. The molecule has 0 unspecified atom stereocenters. The van der Waals surface area contributed by atoms with E-state index >= 15 is 0 Å². The van der Waals surface area contributed by atoms with Crippen LogP contribution in [0.4, 0.5) is 4.79 Å². The molecule has 1 amide bonds. The Morgan fingerprint density at radius 2 is 1.78 bits per heavy atom. The van der Waals surface area contributed by atoms with Crippen molar-refractivity contribution in [2.75, 3.05) is 40.5 Å². The molecule has 208 valence electrons. The Morgan fingerprint density at radius 1 is 1.08 bits per heavy atom. The van der Waals surface area contributed by atoms with Gasteiger partial charge in [-0.3, -0.25) is 9.69 Å². The third kappa shape index (κ3) is 8.00. The van der Waals surface area contributed by atoms with Gasteiger partial charge >= 0.3 is 12.1 Å². The average Bonchev–Trinajstić information content (AvgIpc) is 2.83. The van der Waals surface area contributed by atoms with Gasteiger partial charge in [-0.1, -0.05) is 27.7 Å². The van der Waals surface area contributed by atoms with E-state index in [2.05, 4.69) is 50.0 Å². The summed E-state index contributed by atoms with van der Waals surface area (Å²) in [7, 11) is 3.34. The second kappa shape index (κ2) is 13.4. The average molecular weight is 519 g/mol. The number of fused-ring (bicyclic) bond motifs is 3. The Balaban J connectivity index is 1.68. The summed E-state index contributed by atoms with van der Waals surface area (Å²) >= 11 is 0. The third-order valence-electron chi connectivity index (χ3n) is 7.78. The number of amides is 1. The zero-order valence-electron chi connectivity index (χ0n) is 23.4. The van der Waals surface area contributed by atoms with E-state index in [1.54, 1.807) is 14.2 Å². The standard InChI is InChI=1S/C29H46N2O6/c1-18(2)9-20(11-28(32)33)15-30-29(34)37-17-23-12-25-24-14-27(36-6)26(35-5)13-21(24)7-8-31(25)16-22(23)10-19(3)4/h13-14,18-20,22-23,25H,7-12,15-17H2,1-6H3,(H,30,34)(H,32,33)/t20-,22+,23-,25+/m0/s1. The summed E-state index contributed by atoms with van der Waals surface area (Å²) in [5.41, 5.74) is 2.58. The first kappa shape index (κ1) is 29.1. The highest BCUT2D eigenvalue weighted by Gasteiger charge is 2.40. The number of carbonyl (C=O) groups is 2. The zero-order chi connectivity index (χ0) is 27.1. The maximum Gasteiger partial charge on any atom is 0.407 e. The minimum absolute atomic E-state index is 0.0444. The molecule has 8 heteroatoms. The molecule has 1 saturated heterocycles. The SMILES string of the molecule is COc1cc2c(cc1OC)[C@H]1C[C@@H](COC(=O)NC[C@H](CC(=O)O)CC(C)C)[C@H](CC(C)C)CN1CC2. The molecule has 2 heterocycles. The molecule has 0 aliphatic carbocycles. The van der Waals surface area contributed by atoms with Crippen LogP contribution >= 0.6 is 0 Å². The number of rotatable bonds is 12. The van der Waals surface area contributed by atoms with Crippen molar-refractivity contribution in [3.8, 4) is 11.5 Å². The van der Waals surface area contributed by atoms with E-state index < -0.39 is 12.1 Å². The van der Waals surface area contributed by atoms with Gasteiger partial charge in [0.25, 0.3) is 0 Å². The third-order valence-corrected chi connectivity index (χ3v) is 7.78. The topological polar surface area (TPSA) is 97.3 Å². The fraction of sp³-hybridized carbons (Fsp3) is 0.724. The van der Waals surface area contributed by atoms with Gasteiger partial charge in [0.05, 0.1) is 20.8 Å². The lowest BCUT2D eigenvalue weighted by molar-refractivity contribution is -0.138. The van der Waals surface area contributed by atoms with Crippen LogP contribution in [0.5, 0.6) is 11.5 Å². The van der Waals surface area contributed by atoms with Crippen LogP contribution in [0.1, 0.15) is 70.5 Å². The summed E-state index contributed by atoms with van der Waals surface area (Å²) in [5.74, 6) is 2.19. The Hall–Kier alpha value is -2.48. The van der Waals surface area contributed by atoms with E-state index in [1.807, 2.05) is 0 Å². The van der Waals surface area contributed by atoms with Crippen molar-refractivity contribution in [2.45, 2.75) is 65.8 Å². The first-order valence-corrected chi connectivity index (χ1v) is 13.7. The van der Waals surface area contributed by atoms with Crippen LogP contribution in [-0.4, -0.2) is 62.5 Å². The van der Waals surface area contributed by atoms with Crippen LogP contribution < -0.4 is 14.8 Å². The Kier molecular flexibility index (Phi) is 10.5. The summed E-state index contributed by atoms with van der Waals surface area (Å²) in [6.45, 7) is 11.3. The molecule has 3 rings (SSSR count). The molecule has 1 aromatic rings. The molecule has 0 spiro atoms. The smallest absolute Gasteiger partial charge is 0.407 e. The van der Waals surface area contributed by atoms with Gasteiger partial charge < -0.3 is 24.6 Å². The molecule has 0 aromatic heterocycles. The lowest BCUT2D eigenvalue weighted by Crippen LogP contribution is -2.47. The number of hydrogen-bond donors (Lipinski definition) is 2. The van der Waals surface area contributed by atoms with E-state index in [9.17, 15) is 14.7 Å². The van der Waals surface area contributed by atoms with Crippen LogP contribution in [-0.2, 0) is 16.0 Å². The highest BCUT2D eigenvalue weighted by molar-refractivity contribution is 5.68. The first-order chi connectivity index (χ1) is 17.6. The second-order valence-corrected chi connectivity index (χ2v) is 11.6. The number of alkyl carbamates (subject to hydrolysis) is 1. The quantitative estimate of drug-likeness (QED) is 0.395. The fourth-order valence-electron chi connectivity index (χ4n) is 6.19. The molecule has 1 aromatic carbocycles. The number of benzene rings is 1. The maximum absolute atomic E-state index is 12.6. The molecule has 1 fully saturated rings. The molecule has 0 bridgehead atoms. The van der Waals surface area contributed by atoms with Crippen LogP contribution in [0, 0.1) is 29.6 Å². The van der Waals surface area contributed by atoms with Crippen molar-refractivity contribution < 1.29 is 28.9 Å². The number of hydrogen-bond acceptors (Lipinski definition) is 6. The summed E-state index contributed by atoms with van der Waals surface area (Å²) in [4.78, 5) is 26.4. The first-order valence-electron chi connectivity index (χ1n) is 13.7. The number of piperidine rings is 1. The van der Waals surface area contributed by atoms with Crippen LogP contribution in [0.2, 0.25) is 0 Å². The van der Waals surface area contributed by atoms with Crippen molar-refractivity contribution >= 4 is 12.1 Å². The molecule has 2 aliphatic rings. The van der Waals surface area contributed by atoms with E-state index in [1.165, 1.54) is 11.1 Å². The Bertz CT molecular complexity index is 918. The monoisotopic (exact) mass is 518 g/mol. The number of methoxy groups -OCH3 is 2.